The number of nitrogens with zero attached hydrogens (tertiary/aromatic N) is 1. The predicted molar refractivity (Wildman–Crippen MR) is 83.8 cm³/mol. The first-order valence-electron chi connectivity index (χ1n) is 7.45. The molecule has 118 valence electrons. The first kappa shape index (κ1) is 16.1. The molecule has 1 heterocycles. The lowest BCUT2D eigenvalue weighted by atomic mass is 9.71. The molecule has 1 fully saturated rings. The third-order valence-electron chi connectivity index (χ3n) is 4.90. The topological polar surface area (TPSA) is 41.9 Å². The Bertz CT molecular complexity index is 475. The molecule has 4 nitrogen and oxygen atoms in total. The highest BCUT2D eigenvalue weighted by Gasteiger charge is 2.44. The van der Waals surface area contributed by atoms with Gasteiger partial charge in [-0.1, -0.05) is 19.9 Å². The number of aliphatic hydroxyl groups is 1. The van der Waals surface area contributed by atoms with Gasteiger partial charge in [0.15, 0.2) is 0 Å². The average Bonchev–Trinajstić information content (AvgIpc) is 2.43. The molecule has 0 bridgehead atoms. The highest BCUT2D eigenvalue weighted by Crippen LogP contribution is 2.39. The van der Waals surface area contributed by atoms with Gasteiger partial charge in [-0.3, -0.25) is 4.90 Å². The summed E-state index contributed by atoms with van der Waals surface area (Å²) >= 11 is 0. The summed E-state index contributed by atoms with van der Waals surface area (Å²) in [6.07, 6.45) is 0.775. The Morgan fingerprint density at radius 3 is 2.19 bits per heavy atom. The zero-order valence-electron chi connectivity index (χ0n) is 13.8. The van der Waals surface area contributed by atoms with E-state index in [4.69, 9.17) is 9.47 Å². The van der Waals surface area contributed by atoms with Crippen molar-refractivity contribution in [1.82, 2.24) is 4.90 Å². The zero-order valence-corrected chi connectivity index (χ0v) is 13.8. The second-order valence-corrected chi connectivity index (χ2v) is 6.76. The normalized spacial score (nSPS) is 25.6. The minimum absolute atomic E-state index is 0.138. The van der Waals surface area contributed by atoms with E-state index < -0.39 is 5.60 Å². The lowest BCUT2D eigenvalue weighted by Gasteiger charge is -2.48. The molecule has 1 atom stereocenters. The number of rotatable bonds is 4. The molecule has 0 saturated carbocycles. The number of piperidine rings is 1. The standard InChI is InChI=1S/C17H27NO3/c1-16(2)12-18(10-9-17(16,3)19)11-13-14(20-4)7-6-8-15(13)21-5/h6-8,19H,9-12H2,1-5H3/t17-/m0/s1. The van der Waals surface area contributed by atoms with Gasteiger partial charge in [-0.15, -0.1) is 0 Å². The molecule has 0 aromatic heterocycles. The van der Waals surface area contributed by atoms with Crippen LogP contribution < -0.4 is 9.47 Å². The molecule has 1 aliphatic rings. The molecule has 1 saturated heterocycles. The third kappa shape index (κ3) is 3.16. The van der Waals surface area contributed by atoms with Gasteiger partial charge in [0.25, 0.3) is 0 Å². The molecule has 4 heteroatoms. The maximum absolute atomic E-state index is 10.5. The van der Waals surface area contributed by atoms with Crippen molar-refractivity contribution >= 4 is 0 Å². The number of benzene rings is 1. The lowest BCUT2D eigenvalue weighted by molar-refractivity contribution is -0.107. The van der Waals surface area contributed by atoms with E-state index in [1.807, 2.05) is 25.1 Å². The summed E-state index contributed by atoms with van der Waals surface area (Å²) in [4.78, 5) is 2.36. The highest BCUT2D eigenvalue weighted by molar-refractivity contribution is 5.44. The minimum atomic E-state index is -0.617. The number of hydrogen-bond donors (Lipinski definition) is 1. The van der Waals surface area contributed by atoms with Crippen molar-refractivity contribution in [3.63, 3.8) is 0 Å². The first-order valence-corrected chi connectivity index (χ1v) is 7.45. The van der Waals surface area contributed by atoms with E-state index in [-0.39, 0.29) is 5.41 Å². The van der Waals surface area contributed by atoms with E-state index in [0.717, 1.165) is 43.1 Å². The second kappa shape index (κ2) is 5.85. The van der Waals surface area contributed by atoms with Crippen molar-refractivity contribution in [3.05, 3.63) is 23.8 Å². The zero-order chi connectivity index (χ0) is 15.7. The quantitative estimate of drug-likeness (QED) is 0.927. The van der Waals surface area contributed by atoms with Crippen LogP contribution in [0.1, 0.15) is 32.8 Å². The minimum Gasteiger partial charge on any atom is -0.496 e. The van der Waals surface area contributed by atoms with E-state index in [0.29, 0.717) is 0 Å². The van der Waals surface area contributed by atoms with E-state index in [2.05, 4.69) is 18.7 Å². The van der Waals surface area contributed by atoms with Gasteiger partial charge >= 0.3 is 0 Å². The number of ether oxygens (including phenoxy) is 2. The van der Waals surface area contributed by atoms with Gasteiger partial charge in [0, 0.05) is 25.0 Å². The Morgan fingerprint density at radius 1 is 1.14 bits per heavy atom. The summed E-state index contributed by atoms with van der Waals surface area (Å²) in [5.74, 6) is 1.70. The van der Waals surface area contributed by atoms with Gasteiger partial charge in [0.2, 0.25) is 0 Å². The summed E-state index contributed by atoms with van der Waals surface area (Å²) in [5, 5.41) is 10.5. The molecule has 2 rings (SSSR count). The number of likely N-dealkylation sites (tertiary alicyclic amines) is 1. The van der Waals surface area contributed by atoms with Crippen LogP contribution >= 0.6 is 0 Å². The van der Waals surface area contributed by atoms with E-state index in [1.165, 1.54) is 0 Å². The van der Waals surface area contributed by atoms with Crippen LogP contribution in [0.5, 0.6) is 11.5 Å². The Balaban J connectivity index is 2.20. The summed E-state index contributed by atoms with van der Waals surface area (Å²) in [6, 6.07) is 5.86. The number of hydrogen-bond acceptors (Lipinski definition) is 4. The Hall–Kier alpha value is -1.26. The first-order chi connectivity index (χ1) is 9.80. The van der Waals surface area contributed by atoms with Crippen LogP contribution in [0.2, 0.25) is 0 Å². The van der Waals surface area contributed by atoms with Gasteiger partial charge in [0.05, 0.1) is 25.4 Å². The molecule has 21 heavy (non-hydrogen) atoms. The van der Waals surface area contributed by atoms with E-state index in [1.54, 1.807) is 14.2 Å². The van der Waals surface area contributed by atoms with Gasteiger partial charge in [-0.25, -0.2) is 0 Å². The molecule has 0 amide bonds. The van der Waals surface area contributed by atoms with Crippen molar-refractivity contribution in [2.24, 2.45) is 5.41 Å². The largest absolute Gasteiger partial charge is 0.496 e. The SMILES string of the molecule is COc1cccc(OC)c1CN1CC[C@](C)(O)C(C)(C)C1. The summed E-state index contributed by atoms with van der Waals surface area (Å²) in [7, 11) is 3.37. The molecular formula is C17H27NO3. The number of methoxy groups -OCH3 is 2. The molecule has 0 radical (unpaired) electrons. The van der Waals surface area contributed by atoms with Gasteiger partial charge in [-0.2, -0.15) is 0 Å². The maximum atomic E-state index is 10.5. The third-order valence-corrected chi connectivity index (χ3v) is 4.90. The monoisotopic (exact) mass is 293 g/mol. The van der Waals surface area contributed by atoms with Crippen LogP contribution in [0.3, 0.4) is 0 Å². The van der Waals surface area contributed by atoms with Crippen LogP contribution in [0.15, 0.2) is 18.2 Å². The van der Waals surface area contributed by atoms with Crippen LogP contribution in [-0.4, -0.2) is 42.9 Å². The summed E-state index contributed by atoms with van der Waals surface area (Å²) in [6.45, 7) is 8.68. The Morgan fingerprint density at radius 2 is 1.71 bits per heavy atom. The van der Waals surface area contributed by atoms with Crippen molar-refractivity contribution in [1.29, 1.82) is 0 Å². The van der Waals surface area contributed by atoms with Gasteiger partial charge < -0.3 is 14.6 Å². The summed E-state index contributed by atoms with van der Waals surface area (Å²) in [5.41, 5.74) is 0.314. The van der Waals surface area contributed by atoms with E-state index in [9.17, 15) is 5.11 Å². The fourth-order valence-corrected chi connectivity index (χ4v) is 2.96. The fraction of sp³-hybridized carbons (Fsp3) is 0.647. The van der Waals surface area contributed by atoms with Crippen LogP contribution in [0, 0.1) is 5.41 Å². The fourth-order valence-electron chi connectivity index (χ4n) is 2.96. The molecule has 1 aromatic carbocycles. The van der Waals surface area contributed by atoms with Gasteiger partial charge in [-0.05, 0) is 25.5 Å². The molecule has 1 aromatic rings. The van der Waals surface area contributed by atoms with Crippen molar-refractivity contribution in [3.8, 4) is 11.5 Å². The average molecular weight is 293 g/mol. The van der Waals surface area contributed by atoms with Crippen molar-refractivity contribution < 1.29 is 14.6 Å². The highest BCUT2D eigenvalue weighted by atomic mass is 16.5. The molecule has 0 spiro atoms. The van der Waals surface area contributed by atoms with Gasteiger partial charge in [0.1, 0.15) is 11.5 Å². The molecule has 0 unspecified atom stereocenters. The van der Waals surface area contributed by atoms with Crippen molar-refractivity contribution in [2.45, 2.75) is 39.3 Å². The second-order valence-electron chi connectivity index (χ2n) is 6.76. The van der Waals surface area contributed by atoms with Crippen molar-refractivity contribution in [2.75, 3.05) is 27.3 Å². The van der Waals surface area contributed by atoms with E-state index >= 15 is 0 Å². The molecule has 1 N–H and O–H groups in total. The smallest absolute Gasteiger partial charge is 0.127 e. The predicted octanol–water partition coefficient (Wildman–Crippen LogP) is 2.69. The van der Waals surface area contributed by atoms with Crippen LogP contribution in [0.25, 0.3) is 0 Å². The van der Waals surface area contributed by atoms with Crippen LogP contribution in [0.4, 0.5) is 0 Å². The Kier molecular flexibility index (Phi) is 4.49. The summed E-state index contributed by atoms with van der Waals surface area (Å²) < 4.78 is 10.9. The Labute approximate surface area is 127 Å². The maximum Gasteiger partial charge on any atom is 0.127 e. The molecular weight excluding hydrogens is 266 g/mol. The molecule has 0 aliphatic carbocycles. The van der Waals surface area contributed by atoms with Crippen LogP contribution in [-0.2, 0) is 6.54 Å². The molecule has 1 aliphatic heterocycles. The lowest BCUT2D eigenvalue weighted by Crippen LogP contribution is -2.55.